The summed E-state index contributed by atoms with van der Waals surface area (Å²) in [4.78, 5) is 16.7. The highest BCUT2D eigenvalue weighted by Gasteiger charge is 2.19. The highest BCUT2D eigenvalue weighted by molar-refractivity contribution is 6.69. The maximum absolute atomic E-state index is 12.0. The standard InChI is InChI=1S/C18H13Cl2NO/c1-10-14(19)9-8-13-15(18(20)22)11(2)16(21-17(10)13)12-6-4-3-5-7-12/h3-9H,1-2H3. The van der Waals surface area contributed by atoms with Crippen molar-refractivity contribution in [3.63, 3.8) is 0 Å². The number of aryl methyl sites for hydroxylation is 1. The van der Waals surface area contributed by atoms with Gasteiger partial charge >= 0.3 is 0 Å². The van der Waals surface area contributed by atoms with Gasteiger partial charge in [-0.05, 0) is 42.6 Å². The van der Waals surface area contributed by atoms with E-state index in [1.165, 1.54) is 0 Å². The van der Waals surface area contributed by atoms with E-state index in [0.29, 0.717) is 16.1 Å². The SMILES string of the molecule is Cc1c(-c2ccccc2)nc2c(C)c(Cl)ccc2c1C(=O)Cl. The van der Waals surface area contributed by atoms with Crippen molar-refractivity contribution in [3.05, 3.63) is 64.2 Å². The number of nitrogens with zero attached hydrogens (tertiary/aromatic N) is 1. The number of hydrogen-bond donors (Lipinski definition) is 0. The van der Waals surface area contributed by atoms with Crippen LogP contribution < -0.4 is 0 Å². The van der Waals surface area contributed by atoms with Crippen LogP contribution in [0.15, 0.2) is 42.5 Å². The van der Waals surface area contributed by atoms with Gasteiger partial charge in [-0.1, -0.05) is 48.0 Å². The van der Waals surface area contributed by atoms with E-state index in [-0.39, 0.29) is 0 Å². The van der Waals surface area contributed by atoms with E-state index in [0.717, 1.165) is 27.8 Å². The topological polar surface area (TPSA) is 30.0 Å². The molecule has 0 bridgehead atoms. The molecule has 0 saturated carbocycles. The second kappa shape index (κ2) is 5.71. The van der Waals surface area contributed by atoms with Gasteiger partial charge in [0.05, 0.1) is 11.2 Å². The molecule has 0 aliphatic heterocycles. The van der Waals surface area contributed by atoms with E-state index in [9.17, 15) is 4.79 Å². The quantitative estimate of drug-likeness (QED) is 0.577. The first-order valence-electron chi connectivity index (χ1n) is 6.85. The van der Waals surface area contributed by atoms with E-state index >= 15 is 0 Å². The Labute approximate surface area is 138 Å². The normalized spacial score (nSPS) is 10.9. The van der Waals surface area contributed by atoms with Crippen LogP contribution in [0.2, 0.25) is 5.02 Å². The molecular weight excluding hydrogens is 317 g/mol. The highest BCUT2D eigenvalue weighted by atomic mass is 35.5. The number of halogens is 2. The molecule has 22 heavy (non-hydrogen) atoms. The van der Waals surface area contributed by atoms with Gasteiger partial charge in [-0.25, -0.2) is 4.98 Å². The second-order valence-electron chi connectivity index (χ2n) is 5.17. The third-order valence-corrected chi connectivity index (χ3v) is 4.43. The maximum Gasteiger partial charge on any atom is 0.253 e. The van der Waals surface area contributed by atoms with Crippen molar-refractivity contribution in [2.24, 2.45) is 0 Å². The Hall–Kier alpha value is -1.90. The van der Waals surface area contributed by atoms with Crippen molar-refractivity contribution in [2.75, 3.05) is 0 Å². The summed E-state index contributed by atoms with van der Waals surface area (Å²) in [6.07, 6.45) is 0. The number of carbonyl (C=O) groups excluding carboxylic acids is 1. The summed E-state index contributed by atoms with van der Waals surface area (Å²) in [6.45, 7) is 3.76. The van der Waals surface area contributed by atoms with Crippen molar-refractivity contribution in [2.45, 2.75) is 13.8 Å². The van der Waals surface area contributed by atoms with Gasteiger partial charge in [0, 0.05) is 21.5 Å². The smallest absolute Gasteiger partial charge is 0.253 e. The van der Waals surface area contributed by atoms with Crippen molar-refractivity contribution in [1.29, 1.82) is 0 Å². The predicted molar refractivity (Wildman–Crippen MR) is 91.8 cm³/mol. The Kier molecular flexibility index (Phi) is 3.90. The predicted octanol–water partition coefficient (Wildman–Crippen LogP) is 5.55. The number of benzene rings is 2. The molecule has 1 heterocycles. The summed E-state index contributed by atoms with van der Waals surface area (Å²) >= 11 is 12.0. The summed E-state index contributed by atoms with van der Waals surface area (Å²) in [5.41, 5.74) is 4.52. The molecule has 4 heteroatoms. The number of carbonyl (C=O) groups is 1. The number of aromatic nitrogens is 1. The lowest BCUT2D eigenvalue weighted by Crippen LogP contribution is -2.02. The lowest BCUT2D eigenvalue weighted by Gasteiger charge is -2.14. The van der Waals surface area contributed by atoms with Crippen LogP contribution >= 0.6 is 23.2 Å². The van der Waals surface area contributed by atoms with Crippen LogP contribution in [0.3, 0.4) is 0 Å². The average Bonchev–Trinajstić information content (AvgIpc) is 2.51. The lowest BCUT2D eigenvalue weighted by molar-refractivity contribution is 0.108. The minimum atomic E-state index is -0.483. The van der Waals surface area contributed by atoms with E-state index in [1.807, 2.05) is 44.2 Å². The zero-order chi connectivity index (χ0) is 15.9. The molecule has 110 valence electrons. The molecular formula is C18H13Cl2NO. The Bertz CT molecular complexity index is 889. The molecule has 0 unspecified atom stereocenters. The molecule has 0 radical (unpaired) electrons. The third-order valence-electron chi connectivity index (χ3n) is 3.83. The summed E-state index contributed by atoms with van der Waals surface area (Å²) in [5.74, 6) is 0. The fourth-order valence-corrected chi connectivity index (χ4v) is 3.06. The Morgan fingerprint density at radius 2 is 1.68 bits per heavy atom. The molecule has 0 aliphatic rings. The zero-order valence-electron chi connectivity index (χ0n) is 12.2. The van der Waals surface area contributed by atoms with Gasteiger partial charge in [-0.2, -0.15) is 0 Å². The fraction of sp³-hybridized carbons (Fsp3) is 0.111. The van der Waals surface area contributed by atoms with Gasteiger partial charge in [0.15, 0.2) is 0 Å². The van der Waals surface area contributed by atoms with Gasteiger partial charge in [-0.3, -0.25) is 4.79 Å². The summed E-state index contributed by atoms with van der Waals surface area (Å²) in [6, 6.07) is 13.3. The van der Waals surface area contributed by atoms with Crippen molar-refractivity contribution in [1.82, 2.24) is 4.98 Å². The second-order valence-corrected chi connectivity index (χ2v) is 5.92. The summed E-state index contributed by atoms with van der Waals surface area (Å²) in [7, 11) is 0. The van der Waals surface area contributed by atoms with E-state index in [2.05, 4.69) is 0 Å². The average molecular weight is 330 g/mol. The highest BCUT2D eigenvalue weighted by Crippen LogP contribution is 2.33. The van der Waals surface area contributed by atoms with Crippen molar-refractivity contribution < 1.29 is 4.79 Å². The third kappa shape index (κ3) is 2.39. The summed E-state index contributed by atoms with van der Waals surface area (Å²) < 4.78 is 0. The molecule has 0 aliphatic carbocycles. The van der Waals surface area contributed by atoms with E-state index in [4.69, 9.17) is 28.2 Å². The molecule has 2 aromatic carbocycles. The molecule has 0 spiro atoms. The minimum absolute atomic E-state index is 0.483. The Balaban J connectivity index is 2.47. The number of pyridine rings is 1. The van der Waals surface area contributed by atoms with Gasteiger partial charge in [0.2, 0.25) is 0 Å². The fourth-order valence-electron chi connectivity index (χ4n) is 2.67. The van der Waals surface area contributed by atoms with Crippen molar-refractivity contribution >= 4 is 39.3 Å². The van der Waals surface area contributed by atoms with Crippen LogP contribution in [0.1, 0.15) is 21.5 Å². The first-order valence-corrected chi connectivity index (χ1v) is 7.61. The Morgan fingerprint density at radius 3 is 2.32 bits per heavy atom. The first-order chi connectivity index (χ1) is 10.5. The monoisotopic (exact) mass is 329 g/mol. The molecule has 0 fully saturated rings. The van der Waals surface area contributed by atoms with Crippen LogP contribution in [-0.4, -0.2) is 10.2 Å². The Morgan fingerprint density at radius 1 is 1.00 bits per heavy atom. The first kappa shape index (κ1) is 15.0. The molecule has 3 rings (SSSR count). The zero-order valence-corrected chi connectivity index (χ0v) is 13.7. The van der Waals surface area contributed by atoms with Crippen LogP contribution in [-0.2, 0) is 0 Å². The van der Waals surface area contributed by atoms with E-state index < -0.39 is 5.24 Å². The van der Waals surface area contributed by atoms with Gasteiger partial charge in [0.25, 0.3) is 5.24 Å². The van der Waals surface area contributed by atoms with Crippen LogP contribution in [0.4, 0.5) is 0 Å². The maximum atomic E-state index is 12.0. The molecule has 1 aromatic heterocycles. The van der Waals surface area contributed by atoms with E-state index in [1.54, 1.807) is 12.1 Å². The summed E-state index contributed by atoms with van der Waals surface area (Å²) in [5, 5.41) is 0.874. The number of hydrogen-bond acceptors (Lipinski definition) is 2. The minimum Gasteiger partial charge on any atom is -0.276 e. The molecule has 0 amide bonds. The lowest BCUT2D eigenvalue weighted by atomic mass is 9.97. The molecule has 0 N–H and O–H groups in total. The van der Waals surface area contributed by atoms with Crippen LogP contribution in [0, 0.1) is 13.8 Å². The molecule has 0 saturated heterocycles. The van der Waals surface area contributed by atoms with Crippen molar-refractivity contribution in [3.8, 4) is 11.3 Å². The number of fused-ring (bicyclic) bond motifs is 1. The van der Waals surface area contributed by atoms with Gasteiger partial charge in [0.1, 0.15) is 0 Å². The van der Waals surface area contributed by atoms with Gasteiger partial charge in [-0.15, -0.1) is 0 Å². The van der Waals surface area contributed by atoms with Crippen LogP contribution in [0.5, 0.6) is 0 Å². The molecule has 0 atom stereocenters. The van der Waals surface area contributed by atoms with Crippen LogP contribution in [0.25, 0.3) is 22.2 Å². The molecule has 2 nitrogen and oxygen atoms in total. The van der Waals surface area contributed by atoms with Gasteiger partial charge < -0.3 is 0 Å². The number of rotatable bonds is 2. The molecule has 3 aromatic rings. The largest absolute Gasteiger partial charge is 0.276 e.